The Hall–Kier alpha value is -2.89. The van der Waals surface area contributed by atoms with Crippen LogP contribution in [-0.4, -0.2) is 48.7 Å². The number of anilines is 1. The van der Waals surface area contributed by atoms with Crippen LogP contribution in [0.15, 0.2) is 59.2 Å². The number of allylic oxidation sites excluding steroid dienone is 2. The van der Waals surface area contributed by atoms with E-state index in [1.807, 2.05) is 17.0 Å². The fraction of sp³-hybridized carbons (Fsp3) is 0.480. The van der Waals surface area contributed by atoms with Crippen molar-refractivity contribution in [3.05, 3.63) is 54.3 Å². The van der Waals surface area contributed by atoms with E-state index in [0.717, 1.165) is 56.9 Å². The van der Waals surface area contributed by atoms with Crippen LogP contribution >= 0.6 is 0 Å². The number of benzene rings is 1. The van der Waals surface area contributed by atoms with Crippen molar-refractivity contribution in [2.75, 3.05) is 31.1 Å². The minimum atomic E-state index is -0.148. The third-order valence-corrected chi connectivity index (χ3v) is 6.71. The zero-order valence-corrected chi connectivity index (χ0v) is 18.5. The number of rotatable bonds is 6. The molecule has 2 fully saturated rings. The lowest BCUT2D eigenvalue weighted by Gasteiger charge is -2.37. The van der Waals surface area contributed by atoms with Gasteiger partial charge in [0.2, 0.25) is 11.8 Å². The number of piperidine rings is 1. The van der Waals surface area contributed by atoms with Gasteiger partial charge in [0.05, 0.1) is 0 Å². The van der Waals surface area contributed by atoms with Crippen LogP contribution in [0.2, 0.25) is 0 Å². The molecule has 164 valence electrons. The highest BCUT2D eigenvalue weighted by Gasteiger charge is 2.38. The average molecular weight is 421 g/mol. The molecule has 0 aliphatic carbocycles. The number of amidine groups is 1. The first-order valence-electron chi connectivity index (χ1n) is 11.3. The summed E-state index contributed by atoms with van der Waals surface area (Å²) in [6, 6.07) is 10.5. The second-order valence-electron chi connectivity index (χ2n) is 9.11. The molecule has 3 heterocycles. The smallest absolute Gasteiger partial charge is 0.246 e. The Morgan fingerprint density at radius 2 is 2.16 bits per heavy atom. The fourth-order valence-corrected chi connectivity index (χ4v) is 4.79. The molecular weight excluding hydrogens is 388 g/mol. The SMILES string of the molecule is CCN(C[C@H]1CCN(C(=O)/C=C/C2=CN=C3NC(=O)CCC3(C)C2)C1)c1ccccc1. The number of carbonyl (C=O) groups excluding carboxylic acids is 2. The highest BCUT2D eigenvalue weighted by Crippen LogP contribution is 2.37. The van der Waals surface area contributed by atoms with Crippen molar-refractivity contribution in [2.24, 2.45) is 16.3 Å². The molecule has 2 saturated heterocycles. The third-order valence-electron chi connectivity index (χ3n) is 6.71. The van der Waals surface area contributed by atoms with Crippen molar-refractivity contribution >= 4 is 23.3 Å². The summed E-state index contributed by atoms with van der Waals surface area (Å²) >= 11 is 0. The maximum Gasteiger partial charge on any atom is 0.246 e. The first-order chi connectivity index (χ1) is 15.0. The molecule has 0 aromatic heterocycles. The quantitative estimate of drug-likeness (QED) is 0.716. The molecule has 1 unspecified atom stereocenters. The van der Waals surface area contributed by atoms with Crippen LogP contribution in [0.5, 0.6) is 0 Å². The molecule has 6 heteroatoms. The number of nitrogens with zero attached hydrogens (tertiary/aromatic N) is 3. The molecule has 6 nitrogen and oxygen atoms in total. The van der Waals surface area contributed by atoms with E-state index in [9.17, 15) is 9.59 Å². The van der Waals surface area contributed by atoms with E-state index in [-0.39, 0.29) is 17.2 Å². The van der Waals surface area contributed by atoms with Crippen LogP contribution in [-0.2, 0) is 9.59 Å². The highest BCUT2D eigenvalue weighted by molar-refractivity contribution is 6.04. The van der Waals surface area contributed by atoms with Gasteiger partial charge in [-0.25, -0.2) is 4.99 Å². The largest absolute Gasteiger partial charge is 0.371 e. The van der Waals surface area contributed by atoms with Crippen LogP contribution in [0, 0.1) is 11.3 Å². The van der Waals surface area contributed by atoms with Gasteiger partial charge < -0.3 is 15.1 Å². The number of fused-ring (bicyclic) bond motifs is 1. The first kappa shape index (κ1) is 21.3. The number of likely N-dealkylation sites (tertiary alicyclic amines) is 1. The number of carbonyl (C=O) groups is 2. The standard InChI is InChI=1S/C25H32N4O2/c1-3-28(21-7-5-4-6-8-21)17-20-12-14-29(18-20)23(31)10-9-19-15-25(2)13-11-22(30)27-24(25)26-16-19/h4-10,16,20H,3,11-15,17-18H2,1-2H3,(H,26,27,30)/b10-9+/t20-,25?/m1/s1. The summed E-state index contributed by atoms with van der Waals surface area (Å²) < 4.78 is 0. The molecule has 1 aromatic carbocycles. The fourth-order valence-electron chi connectivity index (χ4n) is 4.79. The Morgan fingerprint density at radius 1 is 1.35 bits per heavy atom. The predicted molar refractivity (Wildman–Crippen MR) is 124 cm³/mol. The normalized spacial score (nSPS) is 25.7. The molecule has 0 radical (unpaired) electrons. The topological polar surface area (TPSA) is 65.0 Å². The van der Waals surface area contributed by atoms with Crippen molar-refractivity contribution in [3.63, 3.8) is 0 Å². The van der Waals surface area contributed by atoms with Crippen LogP contribution in [0.3, 0.4) is 0 Å². The van der Waals surface area contributed by atoms with E-state index >= 15 is 0 Å². The van der Waals surface area contributed by atoms with Gasteiger partial charge in [0, 0.05) is 56.0 Å². The minimum absolute atomic E-state index is 0.0382. The van der Waals surface area contributed by atoms with E-state index in [1.54, 1.807) is 12.3 Å². The zero-order valence-electron chi connectivity index (χ0n) is 18.5. The molecule has 2 atom stereocenters. The van der Waals surface area contributed by atoms with Gasteiger partial charge in [0.15, 0.2) is 0 Å². The molecule has 1 aromatic rings. The van der Waals surface area contributed by atoms with Gasteiger partial charge in [0.1, 0.15) is 5.84 Å². The van der Waals surface area contributed by atoms with Gasteiger partial charge in [-0.2, -0.15) is 0 Å². The predicted octanol–water partition coefficient (Wildman–Crippen LogP) is 3.52. The van der Waals surface area contributed by atoms with E-state index in [0.29, 0.717) is 12.3 Å². The number of para-hydroxylation sites is 1. The van der Waals surface area contributed by atoms with Crippen LogP contribution in [0.4, 0.5) is 5.69 Å². The van der Waals surface area contributed by atoms with Crippen molar-refractivity contribution in [1.82, 2.24) is 10.2 Å². The number of aliphatic imine (C=N–C) groups is 1. The van der Waals surface area contributed by atoms with Gasteiger partial charge in [-0.15, -0.1) is 0 Å². The average Bonchev–Trinajstić information content (AvgIpc) is 3.25. The summed E-state index contributed by atoms with van der Waals surface area (Å²) in [5.74, 6) is 1.36. The summed E-state index contributed by atoms with van der Waals surface area (Å²) in [5.41, 5.74) is 2.13. The van der Waals surface area contributed by atoms with E-state index < -0.39 is 0 Å². The van der Waals surface area contributed by atoms with Crippen molar-refractivity contribution in [2.45, 2.75) is 39.5 Å². The summed E-state index contributed by atoms with van der Waals surface area (Å²) in [6.07, 6.45) is 8.52. The van der Waals surface area contributed by atoms with E-state index in [2.05, 4.69) is 53.3 Å². The van der Waals surface area contributed by atoms with Gasteiger partial charge in [-0.1, -0.05) is 31.2 Å². The second-order valence-corrected chi connectivity index (χ2v) is 9.11. The van der Waals surface area contributed by atoms with Crippen molar-refractivity contribution in [3.8, 4) is 0 Å². The minimum Gasteiger partial charge on any atom is -0.371 e. The molecule has 2 amide bonds. The molecule has 31 heavy (non-hydrogen) atoms. The molecule has 0 saturated carbocycles. The summed E-state index contributed by atoms with van der Waals surface area (Å²) in [5, 5.41) is 2.89. The Bertz CT molecular complexity index is 921. The summed E-state index contributed by atoms with van der Waals surface area (Å²) in [7, 11) is 0. The molecule has 3 aliphatic heterocycles. The Balaban J connectivity index is 1.32. The summed E-state index contributed by atoms with van der Waals surface area (Å²) in [4.78, 5) is 33.2. The zero-order chi connectivity index (χ0) is 21.8. The lowest BCUT2D eigenvalue weighted by atomic mass is 9.75. The van der Waals surface area contributed by atoms with Crippen LogP contribution in [0.1, 0.15) is 39.5 Å². The Labute approximate surface area is 184 Å². The Kier molecular flexibility index (Phi) is 6.25. The monoisotopic (exact) mass is 420 g/mol. The third kappa shape index (κ3) is 4.89. The number of nitrogens with one attached hydrogen (secondary N) is 1. The van der Waals surface area contributed by atoms with E-state index in [4.69, 9.17) is 0 Å². The van der Waals surface area contributed by atoms with Gasteiger partial charge in [0.25, 0.3) is 0 Å². The lowest BCUT2D eigenvalue weighted by molar-refractivity contribution is -0.125. The molecule has 0 spiro atoms. The number of amides is 2. The van der Waals surface area contributed by atoms with E-state index in [1.165, 1.54) is 5.69 Å². The maximum absolute atomic E-state index is 12.8. The van der Waals surface area contributed by atoms with Crippen molar-refractivity contribution in [1.29, 1.82) is 0 Å². The lowest BCUT2D eigenvalue weighted by Crippen LogP contribution is -2.48. The van der Waals surface area contributed by atoms with Gasteiger partial charge in [-0.05, 0) is 49.8 Å². The Morgan fingerprint density at radius 3 is 2.94 bits per heavy atom. The molecular formula is C25H32N4O2. The number of hydrogen-bond acceptors (Lipinski definition) is 4. The highest BCUT2D eigenvalue weighted by atomic mass is 16.2. The molecule has 0 bridgehead atoms. The van der Waals surface area contributed by atoms with Crippen LogP contribution in [0.25, 0.3) is 0 Å². The summed E-state index contributed by atoms with van der Waals surface area (Å²) in [6.45, 7) is 7.86. The first-order valence-corrected chi connectivity index (χ1v) is 11.3. The number of hydrogen-bond donors (Lipinski definition) is 1. The van der Waals surface area contributed by atoms with Gasteiger partial charge in [-0.3, -0.25) is 9.59 Å². The maximum atomic E-state index is 12.8. The molecule has 1 N–H and O–H groups in total. The van der Waals surface area contributed by atoms with Gasteiger partial charge >= 0.3 is 0 Å². The molecule has 3 aliphatic rings. The second kappa shape index (κ2) is 9.08. The van der Waals surface area contributed by atoms with Crippen molar-refractivity contribution < 1.29 is 9.59 Å². The van der Waals surface area contributed by atoms with Crippen LogP contribution < -0.4 is 10.2 Å². The molecule has 4 rings (SSSR count).